The van der Waals surface area contributed by atoms with E-state index < -0.39 is 0 Å². The average Bonchev–Trinajstić information content (AvgIpc) is 3.01. The maximum absolute atomic E-state index is 5.36. The summed E-state index contributed by atoms with van der Waals surface area (Å²) in [4.78, 5) is 0. The highest BCUT2D eigenvalue weighted by Crippen LogP contribution is 2.34. The summed E-state index contributed by atoms with van der Waals surface area (Å²) in [5, 5.41) is 7.82. The summed E-state index contributed by atoms with van der Waals surface area (Å²) in [6.45, 7) is 3.18. The number of aromatic nitrogens is 2. The number of hydrogen-bond donors (Lipinski definition) is 1. The first kappa shape index (κ1) is 11.9. The third kappa shape index (κ3) is 2.36. The maximum atomic E-state index is 5.36. The molecule has 0 amide bonds. The number of aryl methyl sites for hydroxylation is 2. The van der Waals surface area contributed by atoms with Gasteiger partial charge in [0.1, 0.15) is 0 Å². The molecule has 0 spiro atoms. The van der Waals surface area contributed by atoms with Gasteiger partial charge in [0.05, 0.1) is 5.69 Å². The lowest BCUT2D eigenvalue weighted by Gasteiger charge is -2.06. The number of ether oxygens (including phenoxy) is 2. The molecule has 0 radical (unpaired) electrons. The number of rotatable bonds is 4. The zero-order valence-electron chi connectivity index (χ0n) is 11.1. The van der Waals surface area contributed by atoms with Crippen LogP contribution in [0.1, 0.15) is 18.2 Å². The molecule has 5 heteroatoms. The van der Waals surface area contributed by atoms with E-state index in [1.807, 2.05) is 29.9 Å². The molecule has 5 nitrogen and oxygen atoms in total. The van der Waals surface area contributed by atoms with Gasteiger partial charge >= 0.3 is 0 Å². The molecule has 3 rings (SSSR count). The fraction of sp³-hybridized carbons (Fsp3) is 0.357. The van der Waals surface area contributed by atoms with Crippen molar-refractivity contribution in [1.82, 2.24) is 9.78 Å². The molecular weight excluding hydrogens is 242 g/mol. The molecule has 0 bridgehead atoms. The molecule has 1 N–H and O–H groups in total. The van der Waals surface area contributed by atoms with Crippen molar-refractivity contribution >= 4 is 5.69 Å². The molecule has 0 fully saturated rings. The van der Waals surface area contributed by atoms with Crippen LogP contribution in [0.25, 0.3) is 0 Å². The van der Waals surface area contributed by atoms with Crippen molar-refractivity contribution in [3.8, 4) is 11.5 Å². The topological polar surface area (TPSA) is 48.3 Å². The first-order valence-electron chi connectivity index (χ1n) is 6.41. The SMILES string of the molecule is CCc1nn(C)cc1CNc1ccc2c(c1)OCO2. The molecule has 0 atom stereocenters. The van der Waals surface area contributed by atoms with E-state index in [1.165, 1.54) is 5.56 Å². The fourth-order valence-electron chi connectivity index (χ4n) is 2.23. The van der Waals surface area contributed by atoms with Crippen molar-refractivity contribution in [2.45, 2.75) is 19.9 Å². The minimum Gasteiger partial charge on any atom is -0.454 e. The van der Waals surface area contributed by atoms with Gasteiger partial charge < -0.3 is 14.8 Å². The summed E-state index contributed by atoms with van der Waals surface area (Å²) in [6.07, 6.45) is 3.00. The highest BCUT2D eigenvalue weighted by atomic mass is 16.7. The largest absolute Gasteiger partial charge is 0.454 e. The zero-order valence-corrected chi connectivity index (χ0v) is 11.1. The summed E-state index contributed by atoms with van der Waals surface area (Å²) >= 11 is 0. The first-order chi connectivity index (χ1) is 9.26. The monoisotopic (exact) mass is 259 g/mol. The summed E-state index contributed by atoms with van der Waals surface area (Å²) in [5.41, 5.74) is 3.38. The van der Waals surface area contributed by atoms with Crippen LogP contribution in [0.4, 0.5) is 5.69 Å². The Morgan fingerprint density at radius 2 is 2.16 bits per heavy atom. The lowest BCUT2D eigenvalue weighted by atomic mass is 10.2. The van der Waals surface area contributed by atoms with E-state index in [1.54, 1.807) is 0 Å². The number of anilines is 1. The van der Waals surface area contributed by atoms with E-state index in [2.05, 4.69) is 23.5 Å². The van der Waals surface area contributed by atoms with E-state index in [0.717, 1.165) is 35.8 Å². The molecular formula is C14H17N3O2. The summed E-state index contributed by atoms with van der Waals surface area (Å²) in [5.74, 6) is 1.60. The Hall–Kier alpha value is -2.17. The van der Waals surface area contributed by atoms with E-state index >= 15 is 0 Å². The highest BCUT2D eigenvalue weighted by Gasteiger charge is 2.13. The van der Waals surface area contributed by atoms with Crippen molar-refractivity contribution in [2.75, 3.05) is 12.1 Å². The molecule has 2 aromatic rings. The van der Waals surface area contributed by atoms with Gasteiger partial charge in [0.25, 0.3) is 0 Å². The van der Waals surface area contributed by atoms with Gasteiger partial charge in [-0.05, 0) is 18.6 Å². The standard InChI is InChI=1S/C14H17N3O2/c1-3-12-10(8-17(2)16-12)7-15-11-4-5-13-14(6-11)19-9-18-13/h4-6,8,15H,3,7,9H2,1-2H3. The maximum Gasteiger partial charge on any atom is 0.231 e. The minimum atomic E-state index is 0.307. The van der Waals surface area contributed by atoms with Gasteiger partial charge in [-0.3, -0.25) is 4.68 Å². The van der Waals surface area contributed by atoms with Gasteiger partial charge in [-0.1, -0.05) is 6.92 Å². The van der Waals surface area contributed by atoms with Gasteiger partial charge in [-0.2, -0.15) is 5.10 Å². The number of fused-ring (bicyclic) bond motifs is 1. The fourth-order valence-corrected chi connectivity index (χ4v) is 2.23. The van der Waals surface area contributed by atoms with Crippen LogP contribution in [0.15, 0.2) is 24.4 Å². The van der Waals surface area contributed by atoms with Crippen molar-refractivity contribution in [2.24, 2.45) is 7.05 Å². The minimum absolute atomic E-state index is 0.307. The predicted octanol–water partition coefficient (Wildman–Crippen LogP) is 2.32. The van der Waals surface area contributed by atoms with Gasteiger partial charge in [-0.25, -0.2) is 0 Å². The number of benzene rings is 1. The van der Waals surface area contributed by atoms with E-state index in [4.69, 9.17) is 9.47 Å². The molecule has 0 unspecified atom stereocenters. The van der Waals surface area contributed by atoms with Crippen LogP contribution in [0.2, 0.25) is 0 Å². The second kappa shape index (κ2) is 4.84. The molecule has 0 saturated carbocycles. The molecule has 1 aromatic carbocycles. The summed E-state index contributed by atoms with van der Waals surface area (Å²) < 4.78 is 12.5. The second-order valence-electron chi connectivity index (χ2n) is 4.55. The molecule has 100 valence electrons. The Labute approximate surface area is 112 Å². The summed E-state index contributed by atoms with van der Waals surface area (Å²) in [7, 11) is 1.95. The van der Waals surface area contributed by atoms with Crippen LogP contribution in [-0.2, 0) is 20.0 Å². The van der Waals surface area contributed by atoms with Gasteiger partial charge in [-0.15, -0.1) is 0 Å². The third-order valence-electron chi connectivity index (χ3n) is 3.18. The van der Waals surface area contributed by atoms with Crippen LogP contribution >= 0.6 is 0 Å². The predicted molar refractivity (Wildman–Crippen MR) is 72.5 cm³/mol. The highest BCUT2D eigenvalue weighted by molar-refractivity contribution is 5.55. The number of hydrogen-bond acceptors (Lipinski definition) is 4. The smallest absolute Gasteiger partial charge is 0.231 e. The van der Waals surface area contributed by atoms with Crippen LogP contribution in [-0.4, -0.2) is 16.6 Å². The lowest BCUT2D eigenvalue weighted by Crippen LogP contribution is -2.00. The van der Waals surface area contributed by atoms with Gasteiger partial charge in [0, 0.05) is 37.1 Å². The Balaban J connectivity index is 1.72. The van der Waals surface area contributed by atoms with Crippen LogP contribution < -0.4 is 14.8 Å². The Kier molecular flexibility index (Phi) is 3.03. The molecule has 1 aromatic heterocycles. The molecule has 0 aliphatic carbocycles. The van der Waals surface area contributed by atoms with Crippen LogP contribution in [0, 0.1) is 0 Å². The normalized spacial score (nSPS) is 12.7. The molecule has 1 aliphatic heterocycles. The van der Waals surface area contributed by atoms with E-state index in [-0.39, 0.29) is 0 Å². The zero-order chi connectivity index (χ0) is 13.2. The molecule has 1 aliphatic rings. The summed E-state index contributed by atoms with van der Waals surface area (Å²) in [6, 6.07) is 5.88. The van der Waals surface area contributed by atoms with Crippen LogP contribution in [0.5, 0.6) is 11.5 Å². The third-order valence-corrected chi connectivity index (χ3v) is 3.18. The van der Waals surface area contributed by atoms with Crippen molar-refractivity contribution in [3.05, 3.63) is 35.7 Å². The van der Waals surface area contributed by atoms with Crippen molar-refractivity contribution in [3.63, 3.8) is 0 Å². The number of nitrogens with one attached hydrogen (secondary N) is 1. The Morgan fingerprint density at radius 1 is 1.32 bits per heavy atom. The Morgan fingerprint density at radius 3 is 3.00 bits per heavy atom. The quantitative estimate of drug-likeness (QED) is 0.915. The first-order valence-corrected chi connectivity index (χ1v) is 6.41. The van der Waals surface area contributed by atoms with Gasteiger partial charge in [0.15, 0.2) is 11.5 Å². The van der Waals surface area contributed by atoms with E-state index in [9.17, 15) is 0 Å². The molecule has 2 heterocycles. The lowest BCUT2D eigenvalue weighted by molar-refractivity contribution is 0.174. The second-order valence-corrected chi connectivity index (χ2v) is 4.55. The van der Waals surface area contributed by atoms with Crippen LogP contribution in [0.3, 0.4) is 0 Å². The van der Waals surface area contributed by atoms with E-state index in [0.29, 0.717) is 6.79 Å². The van der Waals surface area contributed by atoms with Crippen molar-refractivity contribution < 1.29 is 9.47 Å². The van der Waals surface area contributed by atoms with Gasteiger partial charge in [0.2, 0.25) is 6.79 Å². The Bertz CT molecular complexity index is 592. The molecule has 19 heavy (non-hydrogen) atoms. The van der Waals surface area contributed by atoms with Crippen molar-refractivity contribution in [1.29, 1.82) is 0 Å². The molecule has 0 saturated heterocycles. The average molecular weight is 259 g/mol. The number of nitrogens with zero attached hydrogens (tertiary/aromatic N) is 2.